The summed E-state index contributed by atoms with van der Waals surface area (Å²) in [5, 5.41) is 0. The van der Waals surface area contributed by atoms with Crippen LogP contribution in [0.2, 0.25) is 0 Å². The fraction of sp³-hybridized carbons (Fsp3) is 0.436. The van der Waals surface area contributed by atoms with Crippen molar-refractivity contribution in [2.45, 2.75) is 166 Å². The zero-order chi connectivity index (χ0) is 57.6. The Bertz CT molecular complexity index is 3570. The maximum atomic E-state index is 16.9. The molecule has 13 aliphatic carbocycles. The van der Waals surface area contributed by atoms with E-state index in [4.69, 9.17) is 4.74 Å². The van der Waals surface area contributed by atoms with Crippen molar-refractivity contribution in [2.24, 2.45) is 46.3 Å². The van der Waals surface area contributed by atoms with Gasteiger partial charge in [0.1, 0.15) is 35.8 Å². The summed E-state index contributed by atoms with van der Waals surface area (Å²) in [5.41, 5.74) is 17.6. The molecule has 0 aromatic heterocycles. The van der Waals surface area contributed by atoms with Gasteiger partial charge >= 0.3 is 0 Å². The number of hydrogen-bond donors (Lipinski definition) is 0. The Hall–Kier alpha value is -6.60. The largest absolute Gasteiger partial charge is 0.489 e. The van der Waals surface area contributed by atoms with Gasteiger partial charge in [-0.05, 0) is 210 Å². The lowest BCUT2D eigenvalue weighted by atomic mass is 9.54. The second-order valence-electron chi connectivity index (χ2n) is 26.8. The molecule has 0 saturated heterocycles. The van der Waals surface area contributed by atoms with Gasteiger partial charge in [-0.15, -0.1) is 6.58 Å². The number of ether oxygens (including phenoxy) is 1. The molecule has 0 spiro atoms. The average Bonchev–Trinajstić information content (AvgIpc) is 1.60. The van der Waals surface area contributed by atoms with Crippen LogP contribution in [0.5, 0.6) is 0 Å². The van der Waals surface area contributed by atoms with Gasteiger partial charge in [-0.1, -0.05) is 132 Å². The van der Waals surface area contributed by atoms with Gasteiger partial charge in [0.15, 0.2) is 0 Å². The lowest BCUT2D eigenvalue weighted by Crippen LogP contribution is -2.42. The summed E-state index contributed by atoms with van der Waals surface area (Å²) in [6, 6.07) is 3.70. The Kier molecular flexibility index (Phi) is 14.4. The lowest BCUT2D eigenvalue weighted by molar-refractivity contribution is 0.152. The smallest absolute Gasteiger partial charge is 0.149 e. The first-order valence-electron chi connectivity index (χ1n) is 32.8. The van der Waals surface area contributed by atoms with E-state index in [0.29, 0.717) is 42.0 Å². The van der Waals surface area contributed by atoms with Crippen LogP contribution in [-0.4, -0.2) is 29.4 Å². The molecule has 7 heteroatoms. The van der Waals surface area contributed by atoms with Crippen LogP contribution in [0, 0.1) is 58.0 Å². The second-order valence-corrected chi connectivity index (χ2v) is 26.8. The minimum absolute atomic E-state index is 0.0888. The van der Waals surface area contributed by atoms with Crippen LogP contribution in [0.3, 0.4) is 0 Å². The average molecular weight is 1140 g/mol. The van der Waals surface area contributed by atoms with Gasteiger partial charge in [-0.2, -0.15) is 0 Å². The molecule has 438 valence electrons. The zero-order valence-electron chi connectivity index (χ0n) is 49.4. The molecule has 1 aliphatic heterocycles. The van der Waals surface area contributed by atoms with E-state index >= 15 is 17.6 Å². The number of benzene rings is 1. The van der Waals surface area contributed by atoms with Gasteiger partial charge in [-0.3, -0.25) is 0 Å². The molecular weight excluding hydrogens is 1060 g/mol. The molecule has 0 amide bonds. The van der Waals surface area contributed by atoms with E-state index in [1.165, 1.54) is 65.2 Å². The van der Waals surface area contributed by atoms with Crippen LogP contribution >= 0.6 is 0 Å². The molecule has 0 saturated carbocycles. The third-order valence-electron chi connectivity index (χ3n) is 22.7. The van der Waals surface area contributed by atoms with Gasteiger partial charge in [-0.25, -0.2) is 17.6 Å². The Balaban J connectivity index is 0.781. The fourth-order valence-electron chi connectivity index (χ4n) is 19.0. The van der Waals surface area contributed by atoms with E-state index < -0.39 is 24.0 Å². The van der Waals surface area contributed by atoms with Crippen molar-refractivity contribution in [1.82, 2.24) is 4.90 Å². The number of hydrogen-bond acceptors (Lipinski definition) is 3. The molecule has 0 fully saturated rings. The standard InChI is InChI=1S/C78H82F4N2O/c1-3-49-23-27-53(28-24-49)77(51-15-7-5-8-16-51)67-21-13-11-19-61(67)63-37-33-57(45-69(63)77)83(73-41-31-55(79)43-71(73)81)59-35-39-65-66-40-36-60(48-76(66)85-75(65)47-59)84(74-42-32-56(80)44-72(74)82)58-34-38-64-62-20-12-14-22-68(62)78(70(64)46-58,52-17-9-6-10-18-52)54-29-25-50(4-2)26-30-54/h3-4,7,11,15-17,19,23,25,29,31,34-36,38-43,45-46,48,50,53-54,56,59,64,66,70,72,76H,1-2,5-6,8-10,12-14,18,20-22,24,26-28,30,32-33,37,44,47H2. The van der Waals surface area contributed by atoms with Crippen LogP contribution in [0.25, 0.3) is 0 Å². The number of rotatable bonds is 12. The number of allylic oxidation sites excluding steroid dienone is 29. The van der Waals surface area contributed by atoms with Crippen molar-refractivity contribution in [2.75, 3.05) is 4.90 Å². The summed E-state index contributed by atoms with van der Waals surface area (Å²) < 4.78 is 71.2. The van der Waals surface area contributed by atoms with Crippen LogP contribution in [0.4, 0.5) is 23.2 Å². The van der Waals surface area contributed by atoms with Crippen LogP contribution in [0.1, 0.15) is 141 Å². The SMILES string of the molecule is C=CC1=CCC(C2(C3=CCCC=C3)C3=C(CCC(N(c4ccc(F)cc4F)C4C=CC5=C(C4)OC4C=C(N(C6=CC7C(C=C6)C6=C(CCCC6)C7(C6=CCCCC6)C6C=CC(C=C)CC6)C6=CCC(F)CC6F)C=CC54)=C3)C3=C2CCC=C3)CC1. The first kappa shape index (κ1) is 55.0. The molecule has 0 N–H and O–H groups in total. The lowest BCUT2D eigenvalue weighted by Gasteiger charge is -2.49. The molecule has 1 aromatic carbocycles. The number of fused-ring (bicyclic) bond motifs is 5. The van der Waals surface area contributed by atoms with E-state index in [2.05, 4.69) is 138 Å². The van der Waals surface area contributed by atoms with Crippen molar-refractivity contribution >= 4 is 5.69 Å². The first-order valence-corrected chi connectivity index (χ1v) is 32.8. The molecule has 14 aliphatic rings. The van der Waals surface area contributed by atoms with Crippen molar-refractivity contribution in [3.8, 4) is 0 Å². The summed E-state index contributed by atoms with van der Waals surface area (Å²) in [6.45, 7) is 8.35. The highest BCUT2D eigenvalue weighted by Gasteiger charge is 2.59. The Labute approximate surface area is 502 Å². The van der Waals surface area contributed by atoms with Crippen molar-refractivity contribution in [3.05, 3.63) is 255 Å². The van der Waals surface area contributed by atoms with Crippen LogP contribution in [0.15, 0.2) is 243 Å². The van der Waals surface area contributed by atoms with E-state index in [1.54, 1.807) is 22.8 Å². The molecule has 12 unspecified atom stereocenters. The second kappa shape index (κ2) is 22.3. The summed E-state index contributed by atoms with van der Waals surface area (Å²) >= 11 is 0. The summed E-state index contributed by atoms with van der Waals surface area (Å²) in [5.74, 6) is 1.10. The van der Waals surface area contributed by atoms with Gasteiger partial charge in [0.2, 0.25) is 0 Å². The summed E-state index contributed by atoms with van der Waals surface area (Å²) in [6.07, 6.45) is 66.1. The Morgan fingerprint density at radius 3 is 2.34 bits per heavy atom. The maximum Gasteiger partial charge on any atom is 0.149 e. The van der Waals surface area contributed by atoms with Crippen LogP contribution in [-0.2, 0) is 4.74 Å². The molecule has 15 rings (SSSR count). The Morgan fingerprint density at radius 2 is 1.56 bits per heavy atom. The van der Waals surface area contributed by atoms with Crippen molar-refractivity contribution in [3.63, 3.8) is 0 Å². The Morgan fingerprint density at radius 1 is 0.706 bits per heavy atom. The fourth-order valence-corrected chi connectivity index (χ4v) is 19.0. The first-order chi connectivity index (χ1) is 41.7. The minimum atomic E-state index is -1.48. The quantitative estimate of drug-likeness (QED) is 0.153. The minimum Gasteiger partial charge on any atom is -0.489 e. The van der Waals surface area contributed by atoms with E-state index in [-0.39, 0.29) is 53.6 Å². The normalized spacial score (nSPS) is 35.3. The monoisotopic (exact) mass is 1140 g/mol. The molecule has 3 nitrogen and oxygen atoms in total. The highest BCUT2D eigenvalue weighted by atomic mass is 19.2. The molecular formula is C78H82F4N2O. The van der Waals surface area contributed by atoms with Gasteiger partial charge < -0.3 is 14.5 Å². The molecule has 1 aromatic rings. The van der Waals surface area contributed by atoms with E-state index in [1.807, 2.05) is 12.2 Å². The number of halogens is 4. The number of anilines is 1. The third kappa shape index (κ3) is 8.98. The van der Waals surface area contributed by atoms with Gasteiger partial charge in [0.25, 0.3) is 0 Å². The van der Waals surface area contributed by atoms with Gasteiger partial charge in [0.05, 0.1) is 17.4 Å². The summed E-state index contributed by atoms with van der Waals surface area (Å²) in [4.78, 5) is 4.29. The number of alkyl halides is 2. The predicted molar refractivity (Wildman–Crippen MR) is 336 cm³/mol. The maximum absolute atomic E-state index is 16.9. The van der Waals surface area contributed by atoms with Gasteiger partial charge in [0, 0.05) is 70.2 Å². The van der Waals surface area contributed by atoms with E-state index in [9.17, 15) is 0 Å². The molecule has 0 bridgehead atoms. The predicted octanol–water partition coefficient (Wildman–Crippen LogP) is 20.1. The molecule has 12 atom stereocenters. The van der Waals surface area contributed by atoms with Crippen molar-refractivity contribution < 1.29 is 22.3 Å². The summed E-state index contributed by atoms with van der Waals surface area (Å²) in [7, 11) is 0. The molecule has 85 heavy (non-hydrogen) atoms. The molecule has 1 heterocycles. The third-order valence-corrected chi connectivity index (χ3v) is 22.7. The van der Waals surface area contributed by atoms with E-state index in [0.717, 1.165) is 124 Å². The highest BCUT2D eigenvalue weighted by molar-refractivity contribution is 5.71. The topological polar surface area (TPSA) is 15.7 Å². The van der Waals surface area contributed by atoms with Crippen LogP contribution < -0.4 is 4.90 Å². The number of nitrogens with zero attached hydrogens (tertiary/aromatic N) is 2. The zero-order valence-corrected chi connectivity index (χ0v) is 49.4. The highest BCUT2D eigenvalue weighted by Crippen LogP contribution is 2.68. The molecule has 0 radical (unpaired) electrons. The van der Waals surface area contributed by atoms with Crippen molar-refractivity contribution in [1.29, 1.82) is 0 Å².